The third kappa shape index (κ3) is 2.88. The molecule has 0 fully saturated rings. The topological polar surface area (TPSA) is 20.3 Å². The number of hydrogen-bond donors (Lipinski definition) is 0. The van der Waals surface area contributed by atoms with Crippen molar-refractivity contribution >= 4 is 17.9 Å². The Balaban J connectivity index is 2.09. The monoisotopic (exact) mass is 251 g/mol. The predicted molar refractivity (Wildman–Crippen MR) is 70.5 cm³/mol. The van der Waals surface area contributed by atoms with E-state index in [-0.39, 0.29) is 6.04 Å². The standard InChI is InChI=1S/C14H18ClNO/c15-8-3-4-9-16-10-7-12-5-1-2-6-13(12)14(16)11-17/h1-2,5-6,11,14H,3-4,7-10H2. The molecule has 1 heterocycles. The molecule has 1 atom stereocenters. The first kappa shape index (κ1) is 12.6. The number of rotatable bonds is 5. The molecule has 0 amide bonds. The van der Waals surface area contributed by atoms with Crippen LogP contribution in [0.2, 0.25) is 0 Å². The molecular formula is C14H18ClNO. The zero-order valence-corrected chi connectivity index (χ0v) is 10.7. The van der Waals surface area contributed by atoms with E-state index < -0.39 is 0 Å². The number of benzene rings is 1. The lowest BCUT2D eigenvalue weighted by Gasteiger charge is -2.34. The number of halogens is 1. The fourth-order valence-electron chi connectivity index (χ4n) is 2.47. The third-order valence-corrected chi connectivity index (χ3v) is 3.66. The van der Waals surface area contributed by atoms with E-state index >= 15 is 0 Å². The third-order valence-electron chi connectivity index (χ3n) is 3.39. The van der Waals surface area contributed by atoms with Gasteiger partial charge in [0, 0.05) is 12.4 Å². The van der Waals surface area contributed by atoms with Gasteiger partial charge in [0.15, 0.2) is 0 Å². The van der Waals surface area contributed by atoms with Gasteiger partial charge in [-0.1, -0.05) is 24.3 Å². The van der Waals surface area contributed by atoms with Crippen LogP contribution in [0.25, 0.3) is 0 Å². The Morgan fingerprint density at radius 1 is 1.35 bits per heavy atom. The van der Waals surface area contributed by atoms with Gasteiger partial charge in [-0.25, -0.2) is 0 Å². The van der Waals surface area contributed by atoms with E-state index in [0.29, 0.717) is 5.88 Å². The molecule has 0 spiro atoms. The smallest absolute Gasteiger partial charge is 0.141 e. The van der Waals surface area contributed by atoms with Crippen LogP contribution in [0.1, 0.15) is 30.0 Å². The molecular weight excluding hydrogens is 234 g/mol. The molecule has 1 aliphatic heterocycles. The number of unbranched alkanes of at least 4 members (excludes halogenated alkanes) is 1. The molecule has 0 N–H and O–H groups in total. The predicted octanol–water partition coefficient (Wildman–Crippen LogP) is 2.80. The van der Waals surface area contributed by atoms with Crippen LogP contribution >= 0.6 is 11.6 Å². The number of carbonyl (C=O) groups is 1. The molecule has 17 heavy (non-hydrogen) atoms. The van der Waals surface area contributed by atoms with Gasteiger partial charge in [-0.15, -0.1) is 11.6 Å². The van der Waals surface area contributed by atoms with Gasteiger partial charge >= 0.3 is 0 Å². The molecule has 92 valence electrons. The number of nitrogens with zero attached hydrogens (tertiary/aromatic N) is 1. The van der Waals surface area contributed by atoms with Gasteiger partial charge in [0.2, 0.25) is 0 Å². The summed E-state index contributed by atoms with van der Waals surface area (Å²) in [6, 6.07) is 8.20. The summed E-state index contributed by atoms with van der Waals surface area (Å²) in [7, 11) is 0. The second kappa shape index (κ2) is 6.18. The van der Waals surface area contributed by atoms with Gasteiger partial charge in [-0.2, -0.15) is 0 Å². The Morgan fingerprint density at radius 3 is 2.94 bits per heavy atom. The van der Waals surface area contributed by atoms with Crippen LogP contribution in [0.15, 0.2) is 24.3 Å². The molecule has 0 bridgehead atoms. The van der Waals surface area contributed by atoms with E-state index in [9.17, 15) is 4.79 Å². The van der Waals surface area contributed by atoms with Gasteiger partial charge in [0.05, 0.1) is 6.04 Å². The minimum Gasteiger partial charge on any atom is -0.301 e. The van der Waals surface area contributed by atoms with Crippen molar-refractivity contribution in [2.24, 2.45) is 0 Å². The van der Waals surface area contributed by atoms with E-state index in [1.165, 1.54) is 11.1 Å². The van der Waals surface area contributed by atoms with E-state index in [0.717, 1.165) is 38.6 Å². The minimum absolute atomic E-state index is 0.0599. The molecule has 2 rings (SSSR count). The number of carbonyl (C=O) groups excluding carboxylic acids is 1. The zero-order chi connectivity index (χ0) is 12.1. The summed E-state index contributed by atoms with van der Waals surface area (Å²) in [5.74, 6) is 0.705. The molecule has 2 nitrogen and oxygen atoms in total. The van der Waals surface area contributed by atoms with Gasteiger partial charge in [-0.3, -0.25) is 4.90 Å². The molecule has 0 radical (unpaired) electrons. The summed E-state index contributed by atoms with van der Waals surface area (Å²) in [6.07, 6.45) is 4.20. The van der Waals surface area contributed by atoms with Gasteiger partial charge in [0.1, 0.15) is 6.29 Å². The number of aldehydes is 1. The number of hydrogen-bond acceptors (Lipinski definition) is 2. The van der Waals surface area contributed by atoms with E-state index in [4.69, 9.17) is 11.6 Å². The van der Waals surface area contributed by atoms with Crippen LogP contribution < -0.4 is 0 Å². The molecule has 0 saturated heterocycles. The maximum atomic E-state index is 11.3. The van der Waals surface area contributed by atoms with Crippen molar-refractivity contribution in [3.8, 4) is 0 Å². The highest BCUT2D eigenvalue weighted by molar-refractivity contribution is 6.17. The number of alkyl halides is 1. The second-order valence-corrected chi connectivity index (χ2v) is 4.84. The lowest BCUT2D eigenvalue weighted by Crippen LogP contribution is -2.37. The number of fused-ring (bicyclic) bond motifs is 1. The first-order chi connectivity index (χ1) is 8.36. The summed E-state index contributed by atoms with van der Waals surface area (Å²) in [6.45, 7) is 1.94. The van der Waals surface area contributed by atoms with Crippen LogP contribution in [-0.2, 0) is 11.2 Å². The van der Waals surface area contributed by atoms with Crippen LogP contribution in [0, 0.1) is 0 Å². The van der Waals surface area contributed by atoms with Gasteiger partial charge in [-0.05, 0) is 36.9 Å². The van der Waals surface area contributed by atoms with Crippen molar-refractivity contribution in [2.75, 3.05) is 19.0 Å². The lowest BCUT2D eigenvalue weighted by atomic mass is 9.93. The second-order valence-electron chi connectivity index (χ2n) is 4.46. The minimum atomic E-state index is -0.0599. The Morgan fingerprint density at radius 2 is 2.18 bits per heavy atom. The lowest BCUT2D eigenvalue weighted by molar-refractivity contribution is -0.113. The molecule has 1 aliphatic rings. The van der Waals surface area contributed by atoms with Gasteiger partial charge in [0.25, 0.3) is 0 Å². The van der Waals surface area contributed by atoms with E-state index in [1.807, 2.05) is 12.1 Å². The van der Waals surface area contributed by atoms with Crippen molar-refractivity contribution < 1.29 is 4.79 Å². The average molecular weight is 252 g/mol. The van der Waals surface area contributed by atoms with E-state index in [1.54, 1.807) is 0 Å². The van der Waals surface area contributed by atoms with Crippen molar-refractivity contribution in [2.45, 2.75) is 25.3 Å². The molecule has 1 aromatic rings. The SMILES string of the molecule is O=CC1c2ccccc2CCN1CCCCCl. The largest absolute Gasteiger partial charge is 0.301 e. The highest BCUT2D eigenvalue weighted by Crippen LogP contribution is 2.28. The summed E-state index contributed by atoms with van der Waals surface area (Å²) in [5, 5.41) is 0. The fraction of sp³-hybridized carbons (Fsp3) is 0.500. The molecule has 0 aliphatic carbocycles. The van der Waals surface area contributed by atoms with Gasteiger partial charge < -0.3 is 4.79 Å². The first-order valence-corrected chi connectivity index (χ1v) is 6.73. The van der Waals surface area contributed by atoms with Crippen molar-refractivity contribution in [3.63, 3.8) is 0 Å². The molecule has 1 aromatic carbocycles. The van der Waals surface area contributed by atoms with Crippen LogP contribution in [0.5, 0.6) is 0 Å². The van der Waals surface area contributed by atoms with Crippen LogP contribution in [-0.4, -0.2) is 30.2 Å². The van der Waals surface area contributed by atoms with Crippen molar-refractivity contribution in [3.05, 3.63) is 35.4 Å². The summed E-state index contributed by atoms with van der Waals surface area (Å²) in [4.78, 5) is 13.6. The summed E-state index contributed by atoms with van der Waals surface area (Å²) >= 11 is 5.68. The maximum Gasteiger partial charge on any atom is 0.141 e. The van der Waals surface area contributed by atoms with E-state index in [2.05, 4.69) is 17.0 Å². The van der Waals surface area contributed by atoms with Crippen LogP contribution in [0.3, 0.4) is 0 Å². The highest BCUT2D eigenvalue weighted by Gasteiger charge is 2.25. The Labute approximate surface area is 108 Å². The van der Waals surface area contributed by atoms with Crippen molar-refractivity contribution in [1.29, 1.82) is 0 Å². The Kier molecular flexibility index (Phi) is 4.57. The maximum absolute atomic E-state index is 11.3. The first-order valence-electron chi connectivity index (χ1n) is 6.20. The normalized spacial score (nSPS) is 19.9. The Hall–Kier alpha value is -0.860. The quantitative estimate of drug-likeness (QED) is 0.456. The van der Waals surface area contributed by atoms with Crippen LogP contribution in [0.4, 0.5) is 0 Å². The summed E-state index contributed by atoms with van der Waals surface area (Å²) < 4.78 is 0. The highest BCUT2D eigenvalue weighted by atomic mass is 35.5. The zero-order valence-electron chi connectivity index (χ0n) is 9.94. The molecule has 0 saturated carbocycles. The Bertz CT molecular complexity index is 380. The fourth-order valence-corrected chi connectivity index (χ4v) is 2.66. The molecule has 3 heteroatoms. The molecule has 1 unspecified atom stereocenters. The summed E-state index contributed by atoms with van der Waals surface area (Å²) in [5.41, 5.74) is 2.50. The average Bonchev–Trinajstić information content (AvgIpc) is 2.38. The van der Waals surface area contributed by atoms with Crippen molar-refractivity contribution in [1.82, 2.24) is 4.90 Å². The molecule has 0 aromatic heterocycles.